The summed E-state index contributed by atoms with van der Waals surface area (Å²) >= 11 is 0. The summed E-state index contributed by atoms with van der Waals surface area (Å²) in [5.41, 5.74) is 0. The van der Waals surface area contributed by atoms with Crippen molar-refractivity contribution in [2.24, 2.45) is 5.92 Å². The van der Waals surface area contributed by atoms with Gasteiger partial charge < -0.3 is 18.0 Å². The summed E-state index contributed by atoms with van der Waals surface area (Å²) in [6.07, 6.45) is 9.51. The van der Waals surface area contributed by atoms with Gasteiger partial charge in [-0.05, 0) is 43.7 Å². The molecule has 1 saturated carbocycles. The molecule has 3 rings (SSSR count). The molecule has 0 amide bonds. The molecule has 2 fully saturated rings. The fraction of sp³-hybridized carbons (Fsp3) is 0.688. The van der Waals surface area contributed by atoms with Gasteiger partial charge in [-0.3, -0.25) is 4.98 Å². The molecule has 1 aromatic rings. The number of hydrogen-bond acceptors (Lipinski definition) is 5. The first-order valence-corrected chi connectivity index (χ1v) is 9.82. The van der Waals surface area contributed by atoms with Gasteiger partial charge >= 0.3 is 8.80 Å². The highest BCUT2D eigenvalue weighted by Gasteiger charge is 2.45. The molecule has 6 heteroatoms. The first-order chi connectivity index (χ1) is 10.7. The number of nitrogens with zero attached hydrogens (tertiary/aromatic N) is 1. The van der Waals surface area contributed by atoms with Gasteiger partial charge in [0.15, 0.2) is 0 Å². The third-order valence-corrected chi connectivity index (χ3v) is 7.24. The van der Waals surface area contributed by atoms with Gasteiger partial charge in [0.05, 0.1) is 12.2 Å². The summed E-state index contributed by atoms with van der Waals surface area (Å²) in [6, 6.07) is 6.63. The van der Waals surface area contributed by atoms with E-state index in [9.17, 15) is 0 Å². The molecule has 2 aliphatic rings. The Morgan fingerprint density at radius 3 is 2.14 bits per heavy atom. The van der Waals surface area contributed by atoms with Gasteiger partial charge in [-0.1, -0.05) is 6.07 Å². The maximum Gasteiger partial charge on any atom is 0.500 e. The lowest BCUT2D eigenvalue weighted by molar-refractivity contribution is 0.120. The second-order valence-corrected chi connectivity index (χ2v) is 8.84. The maximum absolute atomic E-state index is 5.54. The van der Waals surface area contributed by atoms with E-state index in [1.54, 1.807) is 33.7 Å². The molecule has 0 aromatic carbocycles. The third kappa shape index (κ3) is 5.14. The van der Waals surface area contributed by atoms with Gasteiger partial charge in [-0.25, -0.2) is 0 Å². The van der Waals surface area contributed by atoms with Crippen molar-refractivity contribution in [3.05, 3.63) is 30.6 Å². The molecule has 3 unspecified atom stereocenters. The lowest BCUT2D eigenvalue weighted by Gasteiger charge is -2.27. The highest BCUT2D eigenvalue weighted by atomic mass is 28.4. The molecule has 1 aliphatic carbocycles. The Balaban J connectivity index is 0.000000246. The van der Waals surface area contributed by atoms with Crippen LogP contribution in [0, 0.1) is 5.92 Å². The molecule has 3 atom stereocenters. The van der Waals surface area contributed by atoms with E-state index in [0.29, 0.717) is 12.2 Å². The lowest BCUT2D eigenvalue weighted by Crippen LogP contribution is -2.43. The Labute approximate surface area is 134 Å². The summed E-state index contributed by atoms with van der Waals surface area (Å²) in [7, 11) is 2.69. The zero-order valence-electron chi connectivity index (χ0n) is 13.7. The number of fused-ring (bicyclic) bond motifs is 1. The monoisotopic (exact) mass is 325 g/mol. The highest BCUT2D eigenvalue weighted by Crippen LogP contribution is 2.41. The van der Waals surface area contributed by atoms with Crippen molar-refractivity contribution in [3.8, 4) is 0 Å². The van der Waals surface area contributed by atoms with Crippen LogP contribution < -0.4 is 0 Å². The zero-order chi connectivity index (χ0) is 15.8. The molecule has 1 aliphatic heterocycles. The number of hydrogen-bond donors (Lipinski definition) is 0. The van der Waals surface area contributed by atoms with Crippen LogP contribution in [0.5, 0.6) is 0 Å². The second kappa shape index (κ2) is 8.74. The van der Waals surface area contributed by atoms with Crippen LogP contribution in [-0.4, -0.2) is 47.3 Å². The van der Waals surface area contributed by atoms with Crippen molar-refractivity contribution in [3.63, 3.8) is 0 Å². The van der Waals surface area contributed by atoms with E-state index in [1.807, 2.05) is 18.2 Å². The molecular formula is C16H27NO4Si. The molecule has 0 radical (unpaired) electrons. The average Bonchev–Trinajstić information content (AvgIpc) is 3.37. The maximum atomic E-state index is 5.54. The van der Waals surface area contributed by atoms with Crippen LogP contribution in [0.2, 0.25) is 6.04 Å². The highest BCUT2D eigenvalue weighted by molar-refractivity contribution is 6.60. The Morgan fingerprint density at radius 1 is 1.00 bits per heavy atom. The normalized spacial score (nSPS) is 26.6. The number of ether oxygens (including phenoxy) is 1. The van der Waals surface area contributed by atoms with Gasteiger partial charge in [0.25, 0.3) is 0 Å². The molecule has 0 spiro atoms. The standard InChI is InChI=1S/C11H22O4Si.C5H5N/c1-12-16(13-2,14-3)7-6-9-4-5-10-11(8-9)15-10;1-2-4-6-5-3-1/h9-11H,4-8H2,1-3H3;1-5H. The number of rotatable bonds is 6. The minimum atomic E-state index is -2.35. The van der Waals surface area contributed by atoms with Crippen LogP contribution in [0.25, 0.3) is 0 Å². The third-order valence-electron chi connectivity index (χ3n) is 4.47. The van der Waals surface area contributed by atoms with Crippen LogP contribution in [0.15, 0.2) is 30.6 Å². The molecular weight excluding hydrogens is 298 g/mol. The van der Waals surface area contributed by atoms with Gasteiger partial charge in [0, 0.05) is 39.8 Å². The van der Waals surface area contributed by atoms with E-state index in [-0.39, 0.29) is 0 Å². The van der Waals surface area contributed by atoms with E-state index in [0.717, 1.165) is 18.4 Å². The molecule has 22 heavy (non-hydrogen) atoms. The van der Waals surface area contributed by atoms with Crippen molar-refractivity contribution < 1.29 is 18.0 Å². The van der Waals surface area contributed by atoms with Gasteiger partial charge in [-0.15, -0.1) is 0 Å². The first-order valence-electron chi connectivity index (χ1n) is 7.89. The first kappa shape index (κ1) is 17.6. The Morgan fingerprint density at radius 2 is 1.68 bits per heavy atom. The fourth-order valence-electron chi connectivity index (χ4n) is 3.00. The summed E-state index contributed by atoms with van der Waals surface area (Å²) < 4.78 is 21.8. The van der Waals surface area contributed by atoms with E-state index in [4.69, 9.17) is 18.0 Å². The minimum absolute atomic E-state index is 0.558. The van der Waals surface area contributed by atoms with Gasteiger partial charge in [-0.2, -0.15) is 0 Å². The Hall–Kier alpha value is -0.793. The summed E-state index contributed by atoms with van der Waals surface area (Å²) in [5.74, 6) is 0.760. The van der Waals surface area contributed by atoms with E-state index >= 15 is 0 Å². The predicted octanol–water partition coefficient (Wildman–Crippen LogP) is 2.90. The van der Waals surface area contributed by atoms with E-state index in [1.165, 1.54) is 19.3 Å². The van der Waals surface area contributed by atoms with Crippen LogP contribution in [0.4, 0.5) is 0 Å². The van der Waals surface area contributed by atoms with Crippen LogP contribution in [0.3, 0.4) is 0 Å². The molecule has 124 valence electrons. The SMILES string of the molecule is CO[Si](CCC1CCC2OC2C1)(OC)OC.c1ccncc1. The molecule has 0 N–H and O–H groups in total. The second-order valence-electron chi connectivity index (χ2n) is 5.75. The quantitative estimate of drug-likeness (QED) is 0.594. The van der Waals surface area contributed by atoms with E-state index < -0.39 is 8.80 Å². The van der Waals surface area contributed by atoms with Crippen molar-refractivity contribution in [1.82, 2.24) is 4.98 Å². The summed E-state index contributed by atoms with van der Waals surface area (Å²) in [5, 5.41) is 0. The minimum Gasteiger partial charge on any atom is -0.377 e. The van der Waals surface area contributed by atoms with Crippen LogP contribution >= 0.6 is 0 Å². The number of epoxide rings is 1. The lowest BCUT2D eigenvalue weighted by atomic mass is 9.88. The van der Waals surface area contributed by atoms with Crippen LogP contribution in [-0.2, 0) is 18.0 Å². The number of pyridine rings is 1. The molecule has 0 bridgehead atoms. The van der Waals surface area contributed by atoms with Crippen molar-refractivity contribution in [2.75, 3.05) is 21.3 Å². The molecule has 2 heterocycles. The Bertz CT molecular complexity index is 381. The zero-order valence-corrected chi connectivity index (χ0v) is 14.7. The van der Waals surface area contributed by atoms with Crippen molar-refractivity contribution in [2.45, 2.75) is 43.9 Å². The average molecular weight is 325 g/mol. The largest absolute Gasteiger partial charge is 0.500 e. The Kier molecular flexibility index (Phi) is 6.97. The smallest absolute Gasteiger partial charge is 0.377 e. The topological polar surface area (TPSA) is 53.1 Å². The molecule has 5 nitrogen and oxygen atoms in total. The molecule has 1 aromatic heterocycles. The fourth-order valence-corrected chi connectivity index (χ4v) is 4.87. The van der Waals surface area contributed by atoms with Crippen molar-refractivity contribution in [1.29, 1.82) is 0 Å². The summed E-state index contributed by atoms with van der Waals surface area (Å²) in [6.45, 7) is 0. The van der Waals surface area contributed by atoms with Gasteiger partial charge in [0.2, 0.25) is 0 Å². The molecule has 1 saturated heterocycles. The van der Waals surface area contributed by atoms with Crippen LogP contribution in [0.1, 0.15) is 25.7 Å². The van der Waals surface area contributed by atoms with E-state index in [2.05, 4.69) is 4.98 Å². The predicted molar refractivity (Wildman–Crippen MR) is 86.4 cm³/mol. The van der Waals surface area contributed by atoms with Gasteiger partial charge in [0.1, 0.15) is 0 Å². The number of aromatic nitrogens is 1. The summed E-state index contributed by atoms with van der Waals surface area (Å²) in [4.78, 5) is 3.78. The van der Waals surface area contributed by atoms with Crippen molar-refractivity contribution >= 4 is 8.80 Å².